The van der Waals surface area contributed by atoms with Gasteiger partial charge in [-0.1, -0.05) is 35.5 Å². The summed E-state index contributed by atoms with van der Waals surface area (Å²) in [6, 6.07) is 9.80. The van der Waals surface area contributed by atoms with Crippen LogP contribution in [0.5, 0.6) is 0 Å². The molecular weight excluding hydrogens is 256 g/mol. The van der Waals surface area contributed by atoms with Gasteiger partial charge in [0.05, 0.1) is 6.20 Å². The predicted molar refractivity (Wildman–Crippen MR) is 72.9 cm³/mol. The number of carbonyl (C=O) groups excluding carboxylic acids is 2. The molecule has 2 aromatic rings. The minimum atomic E-state index is -0.0568. The van der Waals surface area contributed by atoms with Crippen LogP contribution in [0.1, 0.15) is 23.0 Å². The number of hydrogen-bond donors (Lipinski definition) is 0. The van der Waals surface area contributed by atoms with Crippen LogP contribution in [-0.2, 0) is 17.9 Å². The number of nitrogens with zero attached hydrogens (tertiary/aromatic N) is 4. The summed E-state index contributed by atoms with van der Waals surface area (Å²) in [5.41, 5.74) is 1.30. The van der Waals surface area contributed by atoms with Crippen LogP contribution >= 0.6 is 0 Å². The minimum absolute atomic E-state index is 0.0568. The lowest BCUT2D eigenvalue weighted by atomic mass is 10.2. The molecule has 1 aromatic carbocycles. The standard InChI is InChI=1S/C14H16N4O2/c1-2-17(8-12-6-4-3-5-7-12)14(20)10-18-9-13(11-19)15-16-18/h3-7,9,11H,2,8,10H2,1H3. The molecule has 0 unspecified atom stereocenters. The molecule has 0 aliphatic heterocycles. The van der Waals surface area contributed by atoms with Crippen LogP contribution in [0.25, 0.3) is 0 Å². The average Bonchev–Trinajstić information content (AvgIpc) is 2.93. The maximum absolute atomic E-state index is 12.2. The van der Waals surface area contributed by atoms with Crippen molar-refractivity contribution in [3.8, 4) is 0 Å². The molecule has 0 atom stereocenters. The van der Waals surface area contributed by atoms with E-state index in [4.69, 9.17) is 0 Å². The number of aldehydes is 1. The van der Waals surface area contributed by atoms with Crippen molar-refractivity contribution < 1.29 is 9.59 Å². The molecule has 0 bridgehead atoms. The smallest absolute Gasteiger partial charge is 0.244 e. The Labute approximate surface area is 117 Å². The Morgan fingerprint density at radius 2 is 2.10 bits per heavy atom. The van der Waals surface area contributed by atoms with E-state index in [9.17, 15) is 9.59 Å². The fourth-order valence-corrected chi connectivity index (χ4v) is 1.86. The number of rotatable bonds is 6. The second-order valence-corrected chi connectivity index (χ2v) is 4.35. The van der Waals surface area contributed by atoms with Gasteiger partial charge in [0.1, 0.15) is 12.2 Å². The molecule has 1 aromatic heterocycles. The van der Waals surface area contributed by atoms with Crippen LogP contribution in [-0.4, -0.2) is 38.6 Å². The highest BCUT2D eigenvalue weighted by atomic mass is 16.2. The Kier molecular flexibility index (Phi) is 4.60. The zero-order valence-corrected chi connectivity index (χ0v) is 11.3. The molecule has 0 aliphatic carbocycles. The van der Waals surface area contributed by atoms with Crippen LogP contribution < -0.4 is 0 Å². The van der Waals surface area contributed by atoms with E-state index in [2.05, 4.69) is 10.3 Å². The van der Waals surface area contributed by atoms with E-state index in [0.717, 1.165) is 5.56 Å². The second kappa shape index (κ2) is 6.60. The van der Waals surface area contributed by atoms with Gasteiger partial charge in [0, 0.05) is 13.1 Å². The quantitative estimate of drug-likeness (QED) is 0.739. The molecule has 0 aliphatic rings. The summed E-state index contributed by atoms with van der Waals surface area (Å²) >= 11 is 0. The van der Waals surface area contributed by atoms with Crippen molar-refractivity contribution in [2.24, 2.45) is 0 Å². The maximum atomic E-state index is 12.2. The van der Waals surface area contributed by atoms with E-state index in [1.165, 1.54) is 10.9 Å². The molecule has 1 heterocycles. The topological polar surface area (TPSA) is 68.1 Å². The third-order valence-corrected chi connectivity index (χ3v) is 2.93. The summed E-state index contributed by atoms with van der Waals surface area (Å²) in [6.07, 6.45) is 2.07. The lowest BCUT2D eigenvalue weighted by Crippen LogP contribution is -2.33. The largest absolute Gasteiger partial charge is 0.337 e. The molecular formula is C14H16N4O2. The van der Waals surface area contributed by atoms with Crippen LogP contribution in [0.3, 0.4) is 0 Å². The second-order valence-electron chi connectivity index (χ2n) is 4.35. The molecule has 0 saturated carbocycles. The summed E-state index contributed by atoms with van der Waals surface area (Å²) in [7, 11) is 0. The average molecular weight is 272 g/mol. The molecule has 0 N–H and O–H groups in total. The van der Waals surface area contributed by atoms with Crippen molar-refractivity contribution in [2.75, 3.05) is 6.54 Å². The molecule has 0 fully saturated rings. The molecule has 2 rings (SSSR count). The fraction of sp³-hybridized carbons (Fsp3) is 0.286. The van der Waals surface area contributed by atoms with Crippen molar-refractivity contribution >= 4 is 12.2 Å². The van der Waals surface area contributed by atoms with Crippen molar-refractivity contribution in [2.45, 2.75) is 20.0 Å². The van der Waals surface area contributed by atoms with Crippen LogP contribution in [0.4, 0.5) is 0 Å². The van der Waals surface area contributed by atoms with Crippen LogP contribution in [0.2, 0.25) is 0 Å². The van der Waals surface area contributed by atoms with E-state index >= 15 is 0 Å². The number of hydrogen-bond acceptors (Lipinski definition) is 4. The summed E-state index contributed by atoms with van der Waals surface area (Å²) in [5.74, 6) is -0.0568. The summed E-state index contributed by atoms with van der Waals surface area (Å²) in [6.45, 7) is 3.19. The Hall–Kier alpha value is -2.50. The Morgan fingerprint density at radius 1 is 1.35 bits per heavy atom. The molecule has 20 heavy (non-hydrogen) atoms. The van der Waals surface area contributed by atoms with Gasteiger partial charge in [0.2, 0.25) is 5.91 Å². The lowest BCUT2D eigenvalue weighted by molar-refractivity contribution is -0.132. The van der Waals surface area contributed by atoms with Crippen molar-refractivity contribution in [1.82, 2.24) is 19.9 Å². The van der Waals surface area contributed by atoms with E-state index in [-0.39, 0.29) is 18.1 Å². The van der Waals surface area contributed by atoms with Crippen molar-refractivity contribution in [3.63, 3.8) is 0 Å². The van der Waals surface area contributed by atoms with Crippen LogP contribution in [0, 0.1) is 0 Å². The first kappa shape index (κ1) is 13.9. The lowest BCUT2D eigenvalue weighted by Gasteiger charge is -2.20. The zero-order chi connectivity index (χ0) is 14.4. The third kappa shape index (κ3) is 3.50. The predicted octanol–water partition coefficient (Wildman–Crippen LogP) is 1.14. The SMILES string of the molecule is CCN(Cc1ccccc1)C(=O)Cn1cc(C=O)nn1. The van der Waals surface area contributed by atoms with Gasteiger partial charge < -0.3 is 4.90 Å². The molecule has 0 saturated heterocycles. The molecule has 104 valence electrons. The van der Waals surface area contributed by atoms with E-state index in [1.807, 2.05) is 37.3 Å². The number of carbonyl (C=O) groups is 2. The number of amides is 1. The third-order valence-electron chi connectivity index (χ3n) is 2.93. The van der Waals surface area contributed by atoms with Gasteiger partial charge in [0.15, 0.2) is 6.29 Å². The molecule has 0 radical (unpaired) electrons. The first-order valence-electron chi connectivity index (χ1n) is 6.40. The summed E-state index contributed by atoms with van der Waals surface area (Å²) < 4.78 is 1.37. The van der Waals surface area contributed by atoms with Gasteiger partial charge in [-0.05, 0) is 12.5 Å². The number of aromatic nitrogens is 3. The van der Waals surface area contributed by atoms with Gasteiger partial charge in [-0.2, -0.15) is 0 Å². The van der Waals surface area contributed by atoms with Crippen LogP contribution in [0.15, 0.2) is 36.5 Å². The molecule has 1 amide bonds. The van der Waals surface area contributed by atoms with Gasteiger partial charge in [-0.3, -0.25) is 9.59 Å². The summed E-state index contributed by atoms with van der Waals surface area (Å²) in [4.78, 5) is 24.5. The molecule has 0 spiro atoms. The Balaban J connectivity index is 2.00. The first-order valence-corrected chi connectivity index (χ1v) is 6.40. The Morgan fingerprint density at radius 3 is 2.70 bits per heavy atom. The van der Waals surface area contributed by atoms with Crippen molar-refractivity contribution in [3.05, 3.63) is 47.8 Å². The highest BCUT2D eigenvalue weighted by molar-refractivity contribution is 5.76. The van der Waals surface area contributed by atoms with Gasteiger partial charge >= 0.3 is 0 Å². The zero-order valence-electron chi connectivity index (χ0n) is 11.3. The first-order chi connectivity index (χ1) is 9.72. The number of likely N-dealkylation sites (N-methyl/N-ethyl adjacent to an activating group) is 1. The highest BCUT2D eigenvalue weighted by Crippen LogP contribution is 2.05. The maximum Gasteiger partial charge on any atom is 0.244 e. The van der Waals surface area contributed by atoms with E-state index < -0.39 is 0 Å². The fourth-order valence-electron chi connectivity index (χ4n) is 1.86. The van der Waals surface area contributed by atoms with E-state index in [1.54, 1.807) is 4.90 Å². The van der Waals surface area contributed by atoms with Gasteiger partial charge in [-0.15, -0.1) is 5.10 Å². The van der Waals surface area contributed by atoms with E-state index in [0.29, 0.717) is 19.4 Å². The van der Waals surface area contributed by atoms with Gasteiger partial charge in [-0.25, -0.2) is 4.68 Å². The molecule has 6 heteroatoms. The summed E-state index contributed by atoms with van der Waals surface area (Å²) in [5, 5.41) is 7.37. The van der Waals surface area contributed by atoms with Gasteiger partial charge in [0.25, 0.3) is 0 Å². The highest BCUT2D eigenvalue weighted by Gasteiger charge is 2.13. The minimum Gasteiger partial charge on any atom is -0.337 e. The Bertz CT molecular complexity index is 580. The molecule has 6 nitrogen and oxygen atoms in total. The normalized spacial score (nSPS) is 10.2. The van der Waals surface area contributed by atoms with Crippen molar-refractivity contribution in [1.29, 1.82) is 0 Å². The number of benzene rings is 1. The monoisotopic (exact) mass is 272 g/mol.